The number of ketones is 1. The first kappa shape index (κ1) is 20.7. The number of fused-ring (bicyclic) bond motifs is 1. The summed E-state index contributed by atoms with van der Waals surface area (Å²) in [6.07, 6.45) is 6.87. The summed E-state index contributed by atoms with van der Waals surface area (Å²) in [4.78, 5) is 17.2. The second-order valence-corrected chi connectivity index (χ2v) is 7.30. The number of Topliss-reactive ketones (excluding diaryl/α,β-unsaturated/α-hetero) is 1. The van der Waals surface area contributed by atoms with Crippen molar-refractivity contribution in [3.05, 3.63) is 54.6 Å². The third-order valence-electron chi connectivity index (χ3n) is 5.36. The normalized spacial score (nSPS) is 11.1. The molecule has 0 aliphatic rings. The van der Waals surface area contributed by atoms with Crippen LogP contribution in [0.2, 0.25) is 0 Å². The van der Waals surface area contributed by atoms with Crippen LogP contribution < -0.4 is 9.47 Å². The summed E-state index contributed by atoms with van der Waals surface area (Å²) in [5.74, 6) is 1.01. The van der Waals surface area contributed by atoms with Crippen molar-refractivity contribution in [1.82, 2.24) is 19.3 Å². The van der Waals surface area contributed by atoms with Gasteiger partial charge in [-0.2, -0.15) is 5.10 Å². The number of rotatable bonds is 8. The third-order valence-corrected chi connectivity index (χ3v) is 5.36. The highest BCUT2D eigenvalue weighted by molar-refractivity contribution is 6.01. The first-order valence-corrected chi connectivity index (χ1v) is 10.4. The van der Waals surface area contributed by atoms with Gasteiger partial charge in [0.25, 0.3) is 0 Å². The number of aromatic nitrogens is 4. The fourth-order valence-corrected chi connectivity index (χ4v) is 3.75. The second-order valence-electron chi connectivity index (χ2n) is 7.30. The molecule has 0 N–H and O–H groups in total. The van der Waals surface area contributed by atoms with Crippen molar-refractivity contribution in [2.45, 2.75) is 33.2 Å². The molecular formula is C24H26N4O3. The number of methoxy groups -OCH3 is 2. The standard InChI is InChI=1S/C24H26N4O3/c1-5-7-21(29)24-22(30-3)11-18(12-23(24)31-4)28-15-25-19-10-16(8-9-20(19)28)17-13-26-27(6-2)14-17/h8-15H,5-7H2,1-4H3. The number of hydrogen-bond donors (Lipinski definition) is 0. The van der Waals surface area contributed by atoms with Crippen molar-refractivity contribution in [3.63, 3.8) is 0 Å². The summed E-state index contributed by atoms with van der Waals surface area (Å²) in [6, 6.07) is 9.86. The lowest BCUT2D eigenvalue weighted by Gasteiger charge is -2.15. The topological polar surface area (TPSA) is 71.2 Å². The van der Waals surface area contributed by atoms with Crippen LogP contribution in [0.25, 0.3) is 27.8 Å². The predicted octanol–water partition coefficient (Wildman–Crippen LogP) is 4.91. The molecule has 0 fully saturated rings. The Kier molecular flexibility index (Phi) is 5.75. The molecule has 2 heterocycles. The summed E-state index contributed by atoms with van der Waals surface area (Å²) < 4.78 is 15.0. The van der Waals surface area contributed by atoms with Crippen LogP contribution in [0.4, 0.5) is 0 Å². The van der Waals surface area contributed by atoms with Gasteiger partial charge in [-0.05, 0) is 31.0 Å². The molecule has 0 spiro atoms. The molecule has 7 nitrogen and oxygen atoms in total. The van der Waals surface area contributed by atoms with Gasteiger partial charge in [0, 0.05) is 36.9 Å². The smallest absolute Gasteiger partial charge is 0.170 e. The van der Waals surface area contributed by atoms with E-state index in [0.29, 0.717) is 23.5 Å². The van der Waals surface area contributed by atoms with E-state index in [-0.39, 0.29) is 5.78 Å². The van der Waals surface area contributed by atoms with Gasteiger partial charge in [-0.15, -0.1) is 0 Å². The molecule has 7 heteroatoms. The number of ether oxygens (including phenoxy) is 2. The molecule has 0 aliphatic carbocycles. The van der Waals surface area contributed by atoms with E-state index in [1.54, 1.807) is 20.5 Å². The zero-order valence-corrected chi connectivity index (χ0v) is 18.3. The lowest BCUT2D eigenvalue weighted by Crippen LogP contribution is -2.06. The number of benzene rings is 2. The lowest BCUT2D eigenvalue weighted by atomic mass is 10.0. The molecule has 2 aromatic carbocycles. The van der Waals surface area contributed by atoms with Gasteiger partial charge in [0.2, 0.25) is 0 Å². The van der Waals surface area contributed by atoms with Gasteiger partial charge in [0.15, 0.2) is 5.78 Å². The van der Waals surface area contributed by atoms with Crippen molar-refractivity contribution in [3.8, 4) is 28.3 Å². The van der Waals surface area contributed by atoms with Crippen LogP contribution in [0, 0.1) is 0 Å². The van der Waals surface area contributed by atoms with Crippen LogP contribution in [0.3, 0.4) is 0 Å². The molecule has 31 heavy (non-hydrogen) atoms. The van der Waals surface area contributed by atoms with Gasteiger partial charge in [0.1, 0.15) is 23.4 Å². The molecule has 160 valence electrons. The molecule has 0 unspecified atom stereocenters. The van der Waals surface area contributed by atoms with E-state index in [1.165, 1.54) is 0 Å². The number of aryl methyl sites for hydroxylation is 1. The minimum absolute atomic E-state index is 0.00973. The SMILES string of the molecule is CCCC(=O)c1c(OC)cc(-n2cnc3cc(-c4cnn(CC)c4)ccc32)cc1OC. The van der Waals surface area contributed by atoms with Gasteiger partial charge in [-0.25, -0.2) is 4.98 Å². The van der Waals surface area contributed by atoms with Gasteiger partial charge < -0.3 is 9.47 Å². The van der Waals surface area contributed by atoms with Crippen molar-refractivity contribution in [2.24, 2.45) is 0 Å². The van der Waals surface area contributed by atoms with Crippen LogP contribution in [0.5, 0.6) is 11.5 Å². The average molecular weight is 418 g/mol. The summed E-state index contributed by atoms with van der Waals surface area (Å²) in [7, 11) is 3.13. The molecule has 0 amide bonds. The number of carbonyl (C=O) groups is 1. The zero-order valence-electron chi connectivity index (χ0n) is 18.3. The second kappa shape index (κ2) is 8.63. The van der Waals surface area contributed by atoms with Gasteiger partial charge in [0.05, 0.1) is 37.1 Å². The van der Waals surface area contributed by atoms with Crippen LogP contribution in [0.1, 0.15) is 37.0 Å². The van der Waals surface area contributed by atoms with Crippen molar-refractivity contribution >= 4 is 16.8 Å². The van der Waals surface area contributed by atoms with Crippen LogP contribution in [-0.4, -0.2) is 39.3 Å². The Labute approximate surface area is 181 Å². The predicted molar refractivity (Wildman–Crippen MR) is 120 cm³/mol. The summed E-state index contributed by atoms with van der Waals surface area (Å²) >= 11 is 0. The molecule has 0 aliphatic heterocycles. The fraction of sp³-hybridized carbons (Fsp3) is 0.292. The first-order chi connectivity index (χ1) is 15.1. The summed E-state index contributed by atoms with van der Waals surface area (Å²) in [5, 5.41) is 4.35. The average Bonchev–Trinajstić information content (AvgIpc) is 3.44. The van der Waals surface area contributed by atoms with E-state index in [9.17, 15) is 4.79 Å². The first-order valence-electron chi connectivity index (χ1n) is 10.4. The van der Waals surface area contributed by atoms with Gasteiger partial charge >= 0.3 is 0 Å². The van der Waals surface area contributed by atoms with Crippen LogP contribution >= 0.6 is 0 Å². The third kappa shape index (κ3) is 3.79. The van der Waals surface area contributed by atoms with E-state index in [1.807, 2.05) is 46.8 Å². The van der Waals surface area contributed by atoms with Crippen LogP contribution in [-0.2, 0) is 6.54 Å². The van der Waals surface area contributed by atoms with Crippen molar-refractivity contribution < 1.29 is 14.3 Å². The molecule has 4 aromatic rings. The number of hydrogen-bond acceptors (Lipinski definition) is 5. The maximum atomic E-state index is 12.6. The molecule has 0 radical (unpaired) electrons. The Balaban J connectivity index is 1.78. The van der Waals surface area contributed by atoms with E-state index in [4.69, 9.17) is 9.47 Å². The Hall–Kier alpha value is -3.61. The quantitative estimate of drug-likeness (QED) is 0.380. The van der Waals surface area contributed by atoms with E-state index >= 15 is 0 Å². The molecule has 4 rings (SSSR count). The van der Waals surface area contributed by atoms with E-state index in [0.717, 1.165) is 40.8 Å². The lowest BCUT2D eigenvalue weighted by molar-refractivity contribution is 0.0975. The molecule has 0 atom stereocenters. The number of imidazole rings is 1. The Morgan fingerprint density at radius 3 is 2.39 bits per heavy atom. The maximum absolute atomic E-state index is 12.6. The van der Waals surface area contributed by atoms with E-state index in [2.05, 4.69) is 29.1 Å². The summed E-state index contributed by atoms with van der Waals surface area (Å²) in [5.41, 5.74) is 5.23. The molecular weight excluding hydrogens is 392 g/mol. The minimum atomic E-state index is 0.00973. The van der Waals surface area contributed by atoms with Crippen LogP contribution in [0.15, 0.2) is 49.1 Å². The number of carbonyl (C=O) groups excluding carboxylic acids is 1. The maximum Gasteiger partial charge on any atom is 0.170 e. The highest BCUT2D eigenvalue weighted by Gasteiger charge is 2.20. The molecule has 0 saturated heterocycles. The van der Waals surface area contributed by atoms with E-state index < -0.39 is 0 Å². The monoisotopic (exact) mass is 418 g/mol. The Morgan fingerprint density at radius 2 is 1.77 bits per heavy atom. The van der Waals surface area contributed by atoms with Gasteiger partial charge in [-0.1, -0.05) is 13.0 Å². The highest BCUT2D eigenvalue weighted by atomic mass is 16.5. The van der Waals surface area contributed by atoms with Crippen molar-refractivity contribution in [1.29, 1.82) is 0 Å². The minimum Gasteiger partial charge on any atom is -0.496 e. The molecule has 0 bridgehead atoms. The Bertz CT molecular complexity index is 1210. The largest absolute Gasteiger partial charge is 0.496 e. The zero-order chi connectivity index (χ0) is 22.0. The van der Waals surface area contributed by atoms with Gasteiger partial charge in [-0.3, -0.25) is 14.0 Å². The fourth-order valence-electron chi connectivity index (χ4n) is 3.75. The number of nitrogens with zero attached hydrogens (tertiary/aromatic N) is 4. The van der Waals surface area contributed by atoms with Crippen molar-refractivity contribution in [2.75, 3.05) is 14.2 Å². The summed E-state index contributed by atoms with van der Waals surface area (Å²) in [6.45, 7) is 4.87. The Morgan fingerprint density at radius 1 is 1.03 bits per heavy atom. The molecule has 0 saturated carbocycles. The molecule has 2 aromatic heterocycles. The highest BCUT2D eigenvalue weighted by Crippen LogP contribution is 2.35.